The van der Waals surface area contributed by atoms with E-state index in [0.717, 1.165) is 18.2 Å². The fraction of sp³-hybridized carbons (Fsp3) is 0.471. The van der Waals surface area contributed by atoms with Gasteiger partial charge < -0.3 is 15.5 Å². The zero-order valence-electron chi connectivity index (χ0n) is 18.6. The molecule has 0 aliphatic heterocycles. The first-order chi connectivity index (χ1) is 16.2. The van der Waals surface area contributed by atoms with E-state index in [0.29, 0.717) is 25.7 Å². The van der Waals surface area contributed by atoms with Crippen LogP contribution >= 0.6 is 0 Å². The van der Waals surface area contributed by atoms with Crippen molar-refractivity contribution in [2.45, 2.75) is 47.6 Å². The number of rotatable bonds is 9. The van der Waals surface area contributed by atoms with Crippen LogP contribution in [0.5, 0.6) is 0 Å². The van der Waals surface area contributed by atoms with E-state index in [1.54, 1.807) is 19.0 Å². The lowest BCUT2D eigenvalue weighted by atomic mass is 9.92. The topological polar surface area (TPSA) is 224 Å². The van der Waals surface area contributed by atoms with E-state index < -0.39 is 41.3 Å². The lowest BCUT2D eigenvalue weighted by molar-refractivity contribution is 0.383. The number of hydrogen-bond donors (Lipinski definition) is 6. The summed E-state index contributed by atoms with van der Waals surface area (Å²) in [7, 11) is -6.11. The summed E-state index contributed by atoms with van der Waals surface area (Å²) in [5, 5.41) is 5.74. The van der Waals surface area contributed by atoms with E-state index in [1.807, 2.05) is 0 Å². The largest absolute Gasteiger partial charge is 0.351 e. The average Bonchev–Trinajstić information content (AvgIpc) is 2.73. The predicted molar refractivity (Wildman–Crippen MR) is 127 cm³/mol. The molecule has 1 atom stereocenters. The van der Waals surface area contributed by atoms with Gasteiger partial charge in [-0.1, -0.05) is 0 Å². The summed E-state index contributed by atoms with van der Waals surface area (Å²) in [6.07, 6.45) is 2.59. The molecule has 1 heterocycles. The summed E-state index contributed by atoms with van der Waals surface area (Å²) >= 11 is -2.09. The lowest BCUT2D eigenvalue weighted by Gasteiger charge is -2.28. The van der Waals surface area contributed by atoms with E-state index in [2.05, 4.69) is 30.3 Å². The minimum absolute atomic E-state index is 0.0540. The zero-order chi connectivity index (χ0) is 26.0. The normalized spacial score (nSPS) is 19.7. The van der Waals surface area contributed by atoms with Gasteiger partial charge >= 0.3 is 0 Å². The summed E-state index contributed by atoms with van der Waals surface area (Å²) in [5.74, 6) is 0.178. The fourth-order valence-electron chi connectivity index (χ4n) is 3.48. The van der Waals surface area contributed by atoms with Gasteiger partial charge in [-0.2, -0.15) is 31.8 Å². The summed E-state index contributed by atoms with van der Waals surface area (Å²) in [5.41, 5.74) is -0.381. The zero-order valence-corrected chi connectivity index (χ0v) is 21.1. The van der Waals surface area contributed by atoms with Gasteiger partial charge in [0, 0.05) is 26.2 Å². The molecule has 0 amide bonds. The molecule has 35 heavy (non-hydrogen) atoms. The highest BCUT2D eigenvalue weighted by Crippen LogP contribution is 2.28. The predicted octanol–water partition coefficient (Wildman–Crippen LogP) is 0.624. The molecule has 1 unspecified atom stereocenters. The van der Waals surface area contributed by atoms with Gasteiger partial charge in [0.2, 0.25) is 29.1 Å². The molecule has 1 aromatic heterocycles. The van der Waals surface area contributed by atoms with Crippen molar-refractivity contribution in [3.63, 3.8) is 0 Å². The number of aromatic nitrogens is 3. The smallest absolute Gasteiger partial charge is 0.296 e. The number of hydrogen-bond acceptors (Lipinski definition) is 11. The minimum Gasteiger partial charge on any atom is -0.351 e. The van der Waals surface area contributed by atoms with Crippen molar-refractivity contribution in [3.05, 3.63) is 18.2 Å². The van der Waals surface area contributed by atoms with E-state index in [1.165, 1.54) is 0 Å². The number of nitrogens with one attached hydrogen (secondary N) is 3. The molecule has 0 spiro atoms. The number of anilines is 4. The van der Waals surface area contributed by atoms with Crippen LogP contribution < -0.4 is 20.3 Å². The third-order valence-electron chi connectivity index (χ3n) is 5.12. The molecule has 1 fully saturated rings. The third kappa shape index (κ3) is 7.50. The van der Waals surface area contributed by atoms with Crippen LogP contribution in [0.4, 0.5) is 23.5 Å². The Morgan fingerprint density at radius 2 is 1.54 bits per heavy atom. The van der Waals surface area contributed by atoms with Crippen LogP contribution in [0.1, 0.15) is 25.7 Å². The summed E-state index contributed by atoms with van der Waals surface area (Å²) in [6, 6.07) is 2.32. The van der Waals surface area contributed by atoms with Crippen LogP contribution in [0, 0.1) is 0 Å². The van der Waals surface area contributed by atoms with Crippen molar-refractivity contribution >= 4 is 55.0 Å². The molecule has 0 saturated heterocycles. The molecule has 2 aromatic rings. The second kappa shape index (κ2) is 10.6. The van der Waals surface area contributed by atoms with E-state index in [4.69, 9.17) is 4.55 Å². The Morgan fingerprint density at radius 1 is 0.943 bits per heavy atom. The highest BCUT2D eigenvalue weighted by atomic mass is 32.2. The molecule has 194 valence electrons. The van der Waals surface area contributed by atoms with Crippen molar-refractivity contribution < 1.29 is 34.7 Å². The van der Waals surface area contributed by atoms with Crippen molar-refractivity contribution in [3.8, 4) is 0 Å². The maximum Gasteiger partial charge on any atom is 0.296 e. The first-order valence-corrected chi connectivity index (χ1v) is 14.1. The van der Waals surface area contributed by atoms with Crippen molar-refractivity contribution in [2.24, 2.45) is 0 Å². The van der Waals surface area contributed by atoms with Crippen molar-refractivity contribution in [2.75, 3.05) is 29.6 Å². The van der Waals surface area contributed by atoms with Gasteiger partial charge in [-0.15, -0.1) is 0 Å². The van der Waals surface area contributed by atoms with Gasteiger partial charge in [0.15, 0.2) is 0 Å². The first-order valence-electron chi connectivity index (χ1n) is 10.2. The molecule has 1 aliphatic carbocycles. The molecule has 15 nitrogen and oxygen atoms in total. The minimum atomic E-state index is -4.77. The quantitative estimate of drug-likeness (QED) is 0.186. The summed E-state index contributed by atoms with van der Waals surface area (Å²) in [4.78, 5) is 13.0. The molecule has 6 N–H and O–H groups in total. The number of nitrogens with zero attached hydrogens (tertiary/aromatic N) is 4. The Hall–Kier alpha value is -2.48. The second-order valence-corrected chi connectivity index (χ2v) is 11.5. The second-order valence-electron chi connectivity index (χ2n) is 7.97. The van der Waals surface area contributed by atoms with Gasteiger partial charge in [-0.05, 0) is 43.9 Å². The molecule has 0 radical (unpaired) electrons. The summed E-state index contributed by atoms with van der Waals surface area (Å²) < 4.78 is 88.0. The van der Waals surface area contributed by atoms with E-state index in [-0.39, 0.29) is 35.6 Å². The van der Waals surface area contributed by atoms with Gasteiger partial charge in [0.1, 0.15) is 4.90 Å². The van der Waals surface area contributed by atoms with Crippen LogP contribution in [0.25, 0.3) is 0 Å². The maximum atomic E-state index is 11.8. The molecule has 1 aliphatic rings. The Balaban J connectivity index is 1.90. The molecule has 1 saturated carbocycles. The van der Waals surface area contributed by atoms with E-state index in [9.17, 15) is 30.1 Å². The molecular formula is C17H25N7O8S3. The molecule has 18 heteroatoms. The fourth-order valence-corrected chi connectivity index (χ4v) is 5.13. The van der Waals surface area contributed by atoms with Gasteiger partial charge in [-0.25, -0.2) is 8.93 Å². The van der Waals surface area contributed by atoms with Crippen molar-refractivity contribution in [1.82, 2.24) is 19.7 Å². The Morgan fingerprint density at radius 3 is 2.09 bits per heavy atom. The van der Waals surface area contributed by atoms with Crippen LogP contribution in [0.15, 0.2) is 28.0 Å². The lowest BCUT2D eigenvalue weighted by Crippen LogP contribution is -2.37. The SMILES string of the molecule is CN(C)c1nc(Nc2cc(S(=O)(=O)O)ccc2S(=O)(=O)O)nc(NC2CCC(NS(=O)O)CC2)n1. The number of benzene rings is 1. The summed E-state index contributed by atoms with van der Waals surface area (Å²) in [6.45, 7) is 0. The van der Waals surface area contributed by atoms with Crippen molar-refractivity contribution in [1.29, 1.82) is 0 Å². The van der Waals surface area contributed by atoms with Crippen LogP contribution in [0.2, 0.25) is 0 Å². The van der Waals surface area contributed by atoms with E-state index >= 15 is 0 Å². The molecule has 3 rings (SSSR count). The Labute approximate surface area is 204 Å². The average molecular weight is 552 g/mol. The van der Waals surface area contributed by atoms with Crippen LogP contribution in [-0.4, -0.2) is 75.8 Å². The monoisotopic (exact) mass is 551 g/mol. The van der Waals surface area contributed by atoms with Crippen LogP contribution in [0.3, 0.4) is 0 Å². The molecule has 0 bridgehead atoms. The standard InChI is InChI=1S/C17H25N7O8S3/c1-24(2)17-21-15(18-10-3-5-11(6-4-10)23-33(25)26)20-16(22-17)19-13-9-12(34(27,28)29)7-8-14(13)35(30,31)32/h7-11,23H,3-6H2,1-2H3,(H,25,26)(H,27,28,29)(H,30,31,32)(H2,18,19,20,21,22). The first kappa shape index (κ1) is 27.1. The Kier molecular flexibility index (Phi) is 8.25. The third-order valence-corrected chi connectivity index (χ3v) is 7.42. The maximum absolute atomic E-state index is 11.8. The molecular weight excluding hydrogens is 526 g/mol. The highest BCUT2D eigenvalue weighted by Gasteiger charge is 2.24. The highest BCUT2D eigenvalue weighted by molar-refractivity contribution is 7.86. The van der Waals surface area contributed by atoms with Gasteiger partial charge in [0.25, 0.3) is 20.2 Å². The molecule has 1 aromatic carbocycles. The van der Waals surface area contributed by atoms with Crippen LogP contribution in [-0.2, 0) is 31.5 Å². The Bertz CT molecular complexity index is 1310. The van der Waals surface area contributed by atoms with Gasteiger partial charge in [-0.3, -0.25) is 13.7 Å². The van der Waals surface area contributed by atoms with Gasteiger partial charge in [0.05, 0.1) is 10.6 Å².